The number of anilines is 1. The highest BCUT2D eigenvalue weighted by Gasteiger charge is 2.22. The molecule has 26 heavy (non-hydrogen) atoms. The summed E-state index contributed by atoms with van der Waals surface area (Å²) in [6, 6.07) is 17.9. The summed E-state index contributed by atoms with van der Waals surface area (Å²) in [5.74, 6) is 0.0447. The van der Waals surface area contributed by atoms with Crippen LogP contribution in [0.15, 0.2) is 73.2 Å². The second-order valence-corrected chi connectivity index (χ2v) is 6.39. The summed E-state index contributed by atoms with van der Waals surface area (Å²) in [5, 5.41) is 0. The summed E-state index contributed by atoms with van der Waals surface area (Å²) in [4.78, 5) is 23.5. The number of hydrogen-bond donors (Lipinski definition) is 0. The minimum atomic E-state index is -0.169. The molecule has 128 valence electrons. The molecule has 0 fully saturated rings. The van der Waals surface area contributed by atoms with Crippen LogP contribution in [0.3, 0.4) is 0 Å². The van der Waals surface area contributed by atoms with Gasteiger partial charge in [0.2, 0.25) is 11.6 Å². The van der Waals surface area contributed by atoms with Gasteiger partial charge in [0.15, 0.2) is 0 Å². The Hall–Kier alpha value is -3.27. The van der Waals surface area contributed by atoms with E-state index in [4.69, 9.17) is 0 Å². The van der Waals surface area contributed by atoms with Crippen LogP contribution in [0.25, 0.3) is 5.57 Å². The molecule has 1 aliphatic heterocycles. The molecule has 1 aliphatic rings. The van der Waals surface area contributed by atoms with Gasteiger partial charge >= 0.3 is 0 Å². The number of allylic oxidation sites excluding steroid dienone is 1. The number of benzene rings is 2. The van der Waals surface area contributed by atoms with Crippen LogP contribution in [-0.2, 0) is 6.42 Å². The summed E-state index contributed by atoms with van der Waals surface area (Å²) >= 11 is 0. The average Bonchev–Trinajstić information content (AvgIpc) is 3.08. The smallest absolute Gasteiger partial charge is 0.232 e. The standard InChI is InChI=1S/C22H19N3O/c1-16-8-9-20-18(14-16)10-13-25(20)15-19(17-6-3-2-4-7-17)21(26)22-23-11-5-12-24-22/h2-9,11-12,14-15H,10,13H2,1H3/b19-15+. The van der Waals surface area contributed by atoms with Gasteiger partial charge in [-0.05, 0) is 36.6 Å². The number of carbonyl (C=O) groups excluding carboxylic acids is 1. The number of rotatable bonds is 4. The van der Waals surface area contributed by atoms with E-state index in [0.29, 0.717) is 5.57 Å². The number of Topliss-reactive ketones (excluding diaryl/α,β-unsaturated/α-hetero) is 1. The normalized spacial score (nSPS) is 13.6. The monoisotopic (exact) mass is 341 g/mol. The molecule has 1 aromatic heterocycles. The van der Waals surface area contributed by atoms with E-state index >= 15 is 0 Å². The minimum absolute atomic E-state index is 0.169. The molecule has 3 aromatic rings. The summed E-state index contributed by atoms with van der Waals surface area (Å²) in [6.07, 6.45) is 6.11. The fraction of sp³-hybridized carbons (Fsp3) is 0.136. The Labute approximate surface area is 152 Å². The SMILES string of the molecule is Cc1ccc2c(c1)CCN2/C=C(/C(=O)c1ncccn1)c1ccccc1. The van der Waals surface area contributed by atoms with E-state index in [2.05, 4.69) is 40.0 Å². The quantitative estimate of drug-likeness (QED) is 0.530. The van der Waals surface area contributed by atoms with Gasteiger partial charge < -0.3 is 4.90 Å². The molecular formula is C22H19N3O. The number of aromatic nitrogens is 2. The summed E-state index contributed by atoms with van der Waals surface area (Å²) < 4.78 is 0. The van der Waals surface area contributed by atoms with E-state index in [1.807, 2.05) is 36.5 Å². The largest absolute Gasteiger partial charge is 0.347 e. The van der Waals surface area contributed by atoms with Crippen LogP contribution in [0.5, 0.6) is 0 Å². The summed E-state index contributed by atoms with van der Waals surface area (Å²) in [5.41, 5.74) is 5.20. The van der Waals surface area contributed by atoms with Crippen molar-refractivity contribution in [2.45, 2.75) is 13.3 Å². The van der Waals surface area contributed by atoms with Crippen LogP contribution in [0.2, 0.25) is 0 Å². The van der Waals surface area contributed by atoms with Gasteiger partial charge in [0.1, 0.15) is 0 Å². The molecule has 2 aromatic carbocycles. The Balaban J connectivity index is 1.77. The van der Waals surface area contributed by atoms with Gasteiger partial charge in [-0.3, -0.25) is 4.79 Å². The molecule has 0 unspecified atom stereocenters. The van der Waals surface area contributed by atoms with E-state index in [-0.39, 0.29) is 11.6 Å². The van der Waals surface area contributed by atoms with Crippen LogP contribution in [-0.4, -0.2) is 22.3 Å². The minimum Gasteiger partial charge on any atom is -0.347 e. The van der Waals surface area contributed by atoms with E-state index in [0.717, 1.165) is 24.2 Å². The Kier molecular flexibility index (Phi) is 4.32. The lowest BCUT2D eigenvalue weighted by Crippen LogP contribution is -2.16. The first-order valence-electron chi connectivity index (χ1n) is 8.67. The number of aryl methyl sites for hydroxylation is 1. The Morgan fingerprint density at radius 2 is 1.81 bits per heavy atom. The Morgan fingerprint density at radius 1 is 1.04 bits per heavy atom. The van der Waals surface area contributed by atoms with Gasteiger partial charge in [0.25, 0.3) is 0 Å². The number of ketones is 1. The first-order valence-corrected chi connectivity index (χ1v) is 8.67. The molecule has 0 aliphatic carbocycles. The Morgan fingerprint density at radius 3 is 2.58 bits per heavy atom. The third kappa shape index (κ3) is 3.14. The molecule has 2 heterocycles. The van der Waals surface area contributed by atoms with Crippen molar-refractivity contribution in [2.75, 3.05) is 11.4 Å². The number of carbonyl (C=O) groups is 1. The van der Waals surface area contributed by atoms with E-state index in [9.17, 15) is 4.79 Å². The zero-order valence-corrected chi connectivity index (χ0v) is 14.6. The lowest BCUT2D eigenvalue weighted by Gasteiger charge is -2.17. The van der Waals surface area contributed by atoms with Crippen molar-refractivity contribution in [3.05, 3.63) is 95.7 Å². The van der Waals surface area contributed by atoms with Crippen LogP contribution >= 0.6 is 0 Å². The van der Waals surface area contributed by atoms with E-state index in [1.165, 1.54) is 11.1 Å². The molecule has 4 rings (SSSR count). The van der Waals surface area contributed by atoms with Crippen molar-refractivity contribution in [2.24, 2.45) is 0 Å². The number of fused-ring (bicyclic) bond motifs is 1. The first-order chi connectivity index (χ1) is 12.7. The molecule has 0 spiro atoms. The molecule has 0 radical (unpaired) electrons. The molecule has 0 atom stereocenters. The van der Waals surface area contributed by atoms with Crippen LogP contribution < -0.4 is 4.90 Å². The molecular weight excluding hydrogens is 322 g/mol. The van der Waals surface area contributed by atoms with E-state index < -0.39 is 0 Å². The highest BCUT2D eigenvalue weighted by Crippen LogP contribution is 2.31. The Bertz CT molecular complexity index is 965. The molecule has 4 heteroatoms. The lowest BCUT2D eigenvalue weighted by molar-refractivity contribution is 0.104. The maximum absolute atomic E-state index is 13.1. The number of hydrogen-bond acceptors (Lipinski definition) is 4. The second kappa shape index (κ2) is 6.92. The first kappa shape index (κ1) is 16.2. The van der Waals surface area contributed by atoms with Crippen molar-refractivity contribution in [1.29, 1.82) is 0 Å². The van der Waals surface area contributed by atoms with Gasteiger partial charge in [-0.1, -0.05) is 48.0 Å². The van der Waals surface area contributed by atoms with Gasteiger partial charge in [-0.25, -0.2) is 9.97 Å². The second-order valence-electron chi connectivity index (χ2n) is 6.39. The van der Waals surface area contributed by atoms with Crippen molar-refractivity contribution in [3.63, 3.8) is 0 Å². The van der Waals surface area contributed by atoms with Gasteiger partial charge in [-0.2, -0.15) is 0 Å². The molecule has 0 amide bonds. The third-order valence-corrected chi connectivity index (χ3v) is 4.55. The summed E-state index contributed by atoms with van der Waals surface area (Å²) in [6.45, 7) is 2.96. The number of nitrogens with zero attached hydrogens (tertiary/aromatic N) is 3. The van der Waals surface area contributed by atoms with Crippen LogP contribution in [0.4, 0.5) is 5.69 Å². The predicted molar refractivity (Wildman–Crippen MR) is 103 cm³/mol. The molecule has 0 saturated heterocycles. The highest BCUT2D eigenvalue weighted by atomic mass is 16.1. The molecule has 0 N–H and O–H groups in total. The lowest BCUT2D eigenvalue weighted by atomic mass is 10.0. The van der Waals surface area contributed by atoms with Crippen molar-refractivity contribution in [1.82, 2.24) is 9.97 Å². The average molecular weight is 341 g/mol. The predicted octanol–water partition coefficient (Wildman–Crippen LogP) is 4.07. The zero-order chi connectivity index (χ0) is 17.9. The molecule has 4 nitrogen and oxygen atoms in total. The maximum atomic E-state index is 13.1. The van der Waals surface area contributed by atoms with Gasteiger partial charge in [0, 0.05) is 36.4 Å². The highest BCUT2D eigenvalue weighted by molar-refractivity contribution is 6.27. The maximum Gasteiger partial charge on any atom is 0.232 e. The van der Waals surface area contributed by atoms with Gasteiger partial charge in [0.05, 0.1) is 0 Å². The third-order valence-electron chi connectivity index (χ3n) is 4.55. The van der Waals surface area contributed by atoms with Crippen molar-refractivity contribution in [3.8, 4) is 0 Å². The van der Waals surface area contributed by atoms with E-state index in [1.54, 1.807) is 18.5 Å². The topological polar surface area (TPSA) is 46.1 Å². The summed E-state index contributed by atoms with van der Waals surface area (Å²) in [7, 11) is 0. The zero-order valence-electron chi connectivity index (χ0n) is 14.6. The molecule has 0 saturated carbocycles. The van der Waals surface area contributed by atoms with Crippen molar-refractivity contribution < 1.29 is 4.79 Å². The van der Waals surface area contributed by atoms with Gasteiger partial charge in [-0.15, -0.1) is 0 Å². The fourth-order valence-electron chi connectivity index (χ4n) is 3.26. The van der Waals surface area contributed by atoms with Crippen LogP contribution in [0.1, 0.15) is 27.3 Å². The van der Waals surface area contributed by atoms with Crippen LogP contribution in [0, 0.1) is 6.92 Å². The fourth-order valence-corrected chi connectivity index (χ4v) is 3.26. The molecule has 0 bridgehead atoms. The van der Waals surface area contributed by atoms with Crippen molar-refractivity contribution >= 4 is 17.0 Å².